The molecule has 15 heavy (non-hydrogen) atoms. The number of hydrogen-bond acceptors (Lipinski definition) is 5. The third kappa shape index (κ3) is 2.26. The van der Waals surface area contributed by atoms with Gasteiger partial charge in [0.15, 0.2) is 5.84 Å². The SMILES string of the molecule is CC(C)SC1=NC2=NC(=O)C=C(O)C2S1. The Morgan fingerprint density at radius 3 is 2.93 bits per heavy atom. The molecule has 1 unspecified atom stereocenters. The lowest BCUT2D eigenvalue weighted by Crippen LogP contribution is -2.20. The molecule has 0 aromatic heterocycles. The van der Waals surface area contributed by atoms with Gasteiger partial charge in [0.2, 0.25) is 0 Å². The molecule has 0 fully saturated rings. The van der Waals surface area contributed by atoms with Gasteiger partial charge in [0.25, 0.3) is 5.91 Å². The van der Waals surface area contributed by atoms with Crippen LogP contribution < -0.4 is 0 Å². The van der Waals surface area contributed by atoms with Gasteiger partial charge in [0.1, 0.15) is 15.4 Å². The molecule has 0 aromatic rings. The Balaban J connectivity index is 2.19. The number of aliphatic imine (C=N–C) groups is 2. The van der Waals surface area contributed by atoms with E-state index in [1.165, 1.54) is 11.8 Å². The van der Waals surface area contributed by atoms with Crippen molar-refractivity contribution < 1.29 is 9.90 Å². The summed E-state index contributed by atoms with van der Waals surface area (Å²) in [6, 6.07) is 0. The molecule has 0 radical (unpaired) electrons. The first-order valence-corrected chi connectivity index (χ1v) is 6.27. The zero-order valence-electron chi connectivity index (χ0n) is 8.30. The van der Waals surface area contributed by atoms with Crippen molar-refractivity contribution in [2.45, 2.75) is 24.3 Å². The number of amides is 1. The van der Waals surface area contributed by atoms with E-state index in [4.69, 9.17) is 0 Å². The molecular formula is C9H10N2O2S2. The summed E-state index contributed by atoms with van der Waals surface area (Å²) in [5, 5.41) is 9.71. The monoisotopic (exact) mass is 242 g/mol. The van der Waals surface area contributed by atoms with Crippen molar-refractivity contribution in [3.8, 4) is 0 Å². The minimum Gasteiger partial charge on any atom is -0.510 e. The zero-order chi connectivity index (χ0) is 11.0. The highest BCUT2D eigenvalue weighted by Crippen LogP contribution is 2.36. The molecular weight excluding hydrogens is 232 g/mol. The molecule has 2 aliphatic heterocycles. The maximum absolute atomic E-state index is 11.0. The average Bonchev–Trinajstić information content (AvgIpc) is 2.45. The second kappa shape index (κ2) is 4.02. The Bertz CT molecular complexity index is 399. The van der Waals surface area contributed by atoms with Crippen molar-refractivity contribution in [1.29, 1.82) is 0 Å². The normalized spacial score (nSPS) is 24.9. The number of rotatable bonds is 1. The van der Waals surface area contributed by atoms with Crippen LogP contribution in [-0.2, 0) is 4.79 Å². The van der Waals surface area contributed by atoms with E-state index >= 15 is 0 Å². The van der Waals surface area contributed by atoms with Crippen LogP contribution in [0, 0.1) is 0 Å². The highest BCUT2D eigenvalue weighted by atomic mass is 32.2. The van der Waals surface area contributed by atoms with E-state index in [1.807, 2.05) is 0 Å². The van der Waals surface area contributed by atoms with Crippen LogP contribution in [0.25, 0.3) is 0 Å². The van der Waals surface area contributed by atoms with Crippen LogP contribution in [0.1, 0.15) is 13.8 Å². The largest absolute Gasteiger partial charge is 0.510 e. The van der Waals surface area contributed by atoms with Gasteiger partial charge < -0.3 is 5.11 Å². The number of aliphatic hydroxyl groups is 1. The molecule has 1 N–H and O–H groups in total. The topological polar surface area (TPSA) is 62.0 Å². The van der Waals surface area contributed by atoms with Crippen molar-refractivity contribution in [2.24, 2.45) is 9.98 Å². The first-order valence-electron chi connectivity index (χ1n) is 4.51. The predicted molar refractivity (Wildman–Crippen MR) is 64.7 cm³/mol. The Hall–Kier alpha value is -0.750. The zero-order valence-corrected chi connectivity index (χ0v) is 9.93. The molecule has 0 aliphatic carbocycles. The Morgan fingerprint density at radius 2 is 2.27 bits per heavy atom. The van der Waals surface area contributed by atoms with Crippen LogP contribution in [0.5, 0.6) is 0 Å². The minimum atomic E-state index is -0.432. The molecule has 2 rings (SSSR count). The van der Waals surface area contributed by atoms with Crippen LogP contribution in [0.4, 0.5) is 0 Å². The second-order valence-electron chi connectivity index (χ2n) is 3.42. The summed E-state index contributed by atoms with van der Waals surface area (Å²) in [5.74, 6) is 0.0464. The quantitative estimate of drug-likeness (QED) is 0.763. The van der Waals surface area contributed by atoms with Gasteiger partial charge in [0, 0.05) is 11.3 Å². The number of fused-ring (bicyclic) bond motifs is 1. The summed E-state index contributed by atoms with van der Waals surface area (Å²) in [4.78, 5) is 19.0. The standard InChI is InChI=1S/C9H10N2O2S2/c1-4(2)14-9-11-8-7(15-9)5(12)3-6(13)10-8/h3-4,7,12H,1-2H3. The van der Waals surface area contributed by atoms with Crippen LogP contribution in [0.3, 0.4) is 0 Å². The smallest absolute Gasteiger partial charge is 0.274 e. The lowest BCUT2D eigenvalue weighted by Gasteiger charge is -2.10. The van der Waals surface area contributed by atoms with Crippen LogP contribution in [0.2, 0.25) is 0 Å². The van der Waals surface area contributed by atoms with Gasteiger partial charge in [-0.3, -0.25) is 4.79 Å². The number of dihydropyridines is 1. The fraction of sp³-hybridized carbons (Fsp3) is 0.444. The fourth-order valence-corrected chi connectivity index (χ4v) is 3.60. The van der Waals surface area contributed by atoms with E-state index in [9.17, 15) is 9.90 Å². The van der Waals surface area contributed by atoms with E-state index in [1.54, 1.807) is 11.8 Å². The predicted octanol–water partition coefficient (Wildman–Crippen LogP) is 1.98. The number of carbonyl (C=O) groups excluding carboxylic acids is 1. The number of thioether (sulfide) groups is 2. The van der Waals surface area contributed by atoms with E-state index in [2.05, 4.69) is 23.8 Å². The molecule has 1 atom stereocenters. The van der Waals surface area contributed by atoms with Crippen LogP contribution in [-0.4, -0.2) is 31.7 Å². The van der Waals surface area contributed by atoms with E-state index in [0.29, 0.717) is 11.1 Å². The molecule has 1 amide bonds. The van der Waals surface area contributed by atoms with Crippen molar-refractivity contribution in [3.05, 3.63) is 11.8 Å². The van der Waals surface area contributed by atoms with Crippen LogP contribution >= 0.6 is 23.5 Å². The molecule has 4 nitrogen and oxygen atoms in total. The molecule has 0 saturated heterocycles. The fourth-order valence-electron chi connectivity index (χ4n) is 1.21. The first-order chi connectivity index (χ1) is 7.06. The average molecular weight is 242 g/mol. The number of hydrogen-bond donors (Lipinski definition) is 1. The Morgan fingerprint density at radius 1 is 1.53 bits per heavy atom. The van der Waals surface area contributed by atoms with Gasteiger partial charge >= 0.3 is 0 Å². The molecule has 0 bridgehead atoms. The summed E-state index contributed by atoms with van der Waals surface area (Å²) in [6.07, 6.45) is 1.15. The minimum absolute atomic E-state index is 0.0538. The summed E-state index contributed by atoms with van der Waals surface area (Å²) in [6.45, 7) is 4.14. The van der Waals surface area contributed by atoms with E-state index in [-0.39, 0.29) is 11.0 Å². The molecule has 0 saturated carbocycles. The molecule has 2 heterocycles. The highest BCUT2D eigenvalue weighted by Gasteiger charge is 2.33. The van der Waals surface area contributed by atoms with Crippen molar-refractivity contribution in [2.75, 3.05) is 0 Å². The van der Waals surface area contributed by atoms with Crippen molar-refractivity contribution in [3.63, 3.8) is 0 Å². The van der Waals surface area contributed by atoms with Gasteiger partial charge in [-0.2, -0.15) is 4.99 Å². The molecule has 2 aliphatic rings. The Labute approximate surface area is 96.0 Å². The maximum Gasteiger partial charge on any atom is 0.274 e. The van der Waals surface area contributed by atoms with Crippen LogP contribution in [0.15, 0.2) is 21.8 Å². The number of nitrogens with zero attached hydrogens (tertiary/aromatic N) is 2. The molecule has 0 spiro atoms. The molecule has 6 heteroatoms. The number of carbonyl (C=O) groups is 1. The maximum atomic E-state index is 11.0. The van der Waals surface area contributed by atoms with Crippen molar-refractivity contribution >= 4 is 39.6 Å². The van der Waals surface area contributed by atoms with Gasteiger partial charge in [-0.15, -0.1) is 0 Å². The lowest BCUT2D eigenvalue weighted by molar-refractivity contribution is -0.113. The number of amidine groups is 1. The van der Waals surface area contributed by atoms with Crippen molar-refractivity contribution in [1.82, 2.24) is 0 Å². The highest BCUT2D eigenvalue weighted by molar-refractivity contribution is 8.40. The van der Waals surface area contributed by atoms with E-state index < -0.39 is 5.91 Å². The van der Waals surface area contributed by atoms with E-state index in [0.717, 1.165) is 10.5 Å². The summed E-state index contributed by atoms with van der Waals surface area (Å²) in [5.41, 5.74) is 0. The molecule has 0 aromatic carbocycles. The molecule has 80 valence electrons. The van der Waals surface area contributed by atoms with Gasteiger partial charge in [-0.05, 0) is 0 Å². The third-order valence-electron chi connectivity index (χ3n) is 1.76. The van der Waals surface area contributed by atoms with Gasteiger partial charge in [0.05, 0.1) is 0 Å². The Kier molecular flexibility index (Phi) is 2.88. The summed E-state index contributed by atoms with van der Waals surface area (Å²) >= 11 is 3.06. The summed E-state index contributed by atoms with van der Waals surface area (Å²) in [7, 11) is 0. The third-order valence-corrected chi connectivity index (χ3v) is 4.08. The van der Waals surface area contributed by atoms with Gasteiger partial charge in [-0.25, -0.2) is 4.99 Å². The lowest BCUT2D eigenvalue weighted by atomic mass is 10.2. The van der Waals surface area contributed by atoms with Gasteiger partial charge in [-0.1, -0.05) is 37.4 Å². The number of aliphatic hydroxyl groups excluding tert-OH is 1. The second-order valence-corrected chi connectivity index (χ2v) is 6.34. The first kappa shape index (κ1) is 10.8. The summed E-state index contributed by atoms with van der Waals surface area (Å²) < 4.78 is 0.864.